The Kier molecular flexibility index (Phi) is 14.1. The Morgan fingerprint density at radius 2 is 1.04 bits per heavy atom. The van der Waals surface area contributed by atoms with Crippen molar-refractivity contribution < 1.29 is 28.5 Å². The molecule has 0 rings (SSSR count). The lowest BCUT2D eigenvalue weighted by molar-refractivity contribution is -0.142. The van der Waals surface area contributed by atoms with E-state index in [2.05, 4.69) is 0 Å². The minimum atomic E-state index is -0.606. The third-order valence-corrected chi connectivity index (χ3v) is 2.67. The van der Waals surface area contributed by atoms with Crippen molar-refractivity contribution in [1.82, 2.24) is 9.80 Å². The van der Waals surface area contributed by atoms with E-state index in [9.17, 15) is 9.59 Å². The van der Waals surface area contributed by atoms with E-state index in [-0.39, 0.29) is 13.2 Å². The summed E-state index contributed by atoms with van der Waals surface area (Å²) in [5.74, 6) is -1.21. The second-order valence-electron chi connectivity index (χ2n) is 5.50. The van der Waals surface area contributed by atoms with Crippen LogP contribution in [0.2, 0.25) is 0 Å². The molecule has 0 aliphatic rings. The van der Waals surface area contributed by atoms with Crippen molar-refractivity contribution in [2.45, 2.75) is 0 Å². The molecule has 0 saturated heterocycles. The van der Waals surface area contributed by atoms with Crippen molar-refractivity contribution in [2.24, 2.45) is 0 Å². The molecule has 0 N–H and O–H groups in total. The maximum absolute atomic E-state index is 11.4. The van der Waals surface area contributed by atoms with Crippen molar-refractivity contribution in [3.8, 4) is 0 Å². The minimum absolute atomic E-state index is 0.144. The maximum Gasteiger partial charge on any atom is 0.331 e. The average molecular weight is 346 g/mol. The molecule has 0 spiro atoms. The molecule has 0 atom stereocenters. The number of ether oxygens (including phenoxy) is 4. The van der Waals surface area contributed by atoms with Crippen molar-refractivity contribution in [2.75, 3.05) is 80.9 Å². The number of hydrogen-bond donors (Lipinski definition) is 0. The minimum Gasteiger partial charge on any atom is -0.460 e. The molecule has 8 heteroatoms. The number of likely N-dealkylation sites (N-methyl/N-ethyl adjacent to an activating group) is 2. The van der Waals surface area contributed by atoms with E-state index in [0.717, 1.165) is 25.2 Å². The number of nitrogens with zero attached hydrogens (tertiary/aromatic N) is 2. The van der Waals surface area contributed by atoms with Crippen LogP contribution in [-0.2, 0) is 28.5 Å². The Morgan fingerprint density at radius 1 is 0.667 bits per heavy atom. The first-order chi connectivity index (χ1) is 11.4. The van der Waals surface area contributed by atoms with Gasteiger partial charge in [0.25, 0.3) is 0 Å². The van der Waals surface area contributed by atoms with Gasteiger partial charge >= 0.3 is 11.9 Å². The van der Waals surface area contributed by atoms with Gasteiger partial charge in [-0.1, -0.05) is 0 Å². The molecule has 0 fully saturated rings. The van der Waals surface area contributed by atoms with Crippen LogP contribution in [0.15, 0.2) is 12.2 Å². The van der Waals surface area contributed by atoms with Gasteiger partial charge in [0.1, 0.15) is 13.2 Å². The van der Waals surface area contributed by atoms with Gasteiger partial charge in [-0.05, 0) is 28.2 Å². The highest BCUT2D eigenvalue weighted by Gasteiger charge is 2.01. The van der Waals surface area contributed by atoms with Crippen LogP contribution >= 0.6 is 0 Å². The van der Waals surface area contributed by atoms with Crippen LogP contribution in [0.4, 0.5) is 0 Å². The zero-order chi connectivity index (χ0) is 18.2. The molecule has 0 aromatic heterocycles. The molecular weight excluding hydrogens is 316 g/mol. The van der Waals surface area contributed by atoms with Crippen molar-refractivity contribution in [3.05, 3.63) is 12.2 Å². The molecule has 0 aliphatic carbocycles. The predicted molar refractivity (Wildman–Crippen MR) is 89.8 cm³/mol. The summed E-state index contributed by atoms with van der Waals surface area (Å²) >= 11 is 0. The van der Waals surface area contributed by atoms with Gasteiger partial charge in [-0.2, -0.15) is 0 Å². The molecule has 0 bridgehead atoms. The van der Waals surface area contributed by atoms with Crippen LogP contribution in [0.5, 0.6) is 0 Å². The SMILES string of the molecule is CN(C)CCOCCOC(=O)C=CC(=O)OCCOCCN(C)C. The van der Waals surface area contributed by atoms with Gasteiger partial charge in [0.05, 0.1) is 26.4 Å². The standard InChI is InChI=1S/C16H30N2O6/c1-17(2)7-9-21-11-13-23-15(19)5-6-16(20)24-14-12-22-10-8-18(3)4/h5-6H,7-14H2,1-4H3. The summed E-state index contributed by atoms with van der Waals surface area (Å²) in [5, 5.41) is 0. The first kappa shape index (κ1) is 22.5. The largest absolute Gasteiger partial charge is 0.460 e. The Bertz CT molecular complexity index is 338. The fourth-order valence-electron chi connectivity index (χ4n) is 1.33. The quantitative estimate of drug-likeness (QED) is 0.243. The van der Waals surface area contributed by atoms with E-state index in [0.29, 0.717) is 26.4 Å². The molecule has 0 unspecified atom stereocenters. The normalized spacial score (nSPS) is 11.4. The van der Waals surface area contributed by atoms with E-state index < -0.39 is 11.9 Å². The highest BCUT2D eigenvalue weighted by atomic mass is 16.6. The molecule has 0 heterocycles. The first-order valence-corrected chi connectivity index (χ1v) is 7.88. The summed E-state index contributed by atoms with van der Waals surface area (Å²) < 4.78 is 20.3. The number of hydrogen-bond acceptors (Lipinski definition) is 8. The summed E-state index contributed by atoms with van der Waals surface area (Å²) in [6.45, 7) is 3.69. The molecule has 0 saturated carbocycles. The summed E-state index contributed by atoms with van der Waals surface area (Å²) in [7, 11) is 7.79. The summed E-state index contributed by atoms with van der Waals surface area (Å²) in [4.78, 5) is 26.7. The van der Waals surface area contributed by atoms with Gasteiger partial charge in [-0.3, -0.25) is 0 Å². The fraction of sp³-hybridized carbons (Fsp3) is 0.750. The van der Waals surface area contributed by atoms with E-state index >= 15 is 0 Å². The smallest absolute Gasteiger partial charge is 0.331 e. The van der Waals surface area contributed by atoms with Crippen LogP contribution in [0.3, 0.4) is 0 Å². The predicted octanol–water partition coefficient (Wildman–Crippen LogP) is -0.215. The van der Waals surface area contributed by atoms with E-state index in [1.807, 2.05) is 38.0 Å². The summed E-state index contributed by atoms with van der Waals surface area (Å²) in [6.07, 6.45) is 2.07. The molecule has 0 aliphatic heterocycles. The number of esters is 2. The molecule has 0 aromatic carbocycles. The lowest BCUT2D eigenvalue weighted by Gasteiger charge is -2.09. The zero-order valence-electron chi connectivity index (χ0n) is 15.2. The van der Waals surface area contributed by atoms with Crippen LogP contribution in [0.25, 0.3) is 0 Å². The van der Waals surface area contributed by atoms with Crippen LogP contribution in [-0.4, -0.2) is 103 Å². The Morgan fingerprint density at radius 3 is 1.38 bits per heavy atom. The third kappa shape index (κ3) is 16.9. The second-order valence-corrected chi connectivity index (χ2v) is 5.50. The molecule has 8 nitrogen and oxygen atoms in total. The van der Waals surface area contributed by atoms with Crippen molar-refractivity contribution >= 4 is 11.9 Å². The Hall–Kier alpha value is -1.48. The molecule has 0 radical (unpaired) electrons. The maximum atomic E-state index is 11.4. The van der Waals surface area contributed by atoms with Gasteiger partial charge in [0.15, 0.2) is 0 Å². The molecular formula is C16H30N2O6. The number of carbonyl (C=O) groups excluding carboxylic acids is 2. The van der Waals surface area contributed by atoms with Gasteiger partial charge in [0, 0.05) is 25.2 Å². The first-order valence-electron chi connectivity index (χ1n) is 7.88. The summed E-state index contributed by atoms with van der Waals surface area (Å²) in [6, 6.07) is 0. The molecule has 24 heavy (non-hydrogen) atoms. The lowest BCUT2D eigenvalue weighted by Crippen LogP contribution is -2.19. The van der Waals surface area contributed by atoms with Gasteiger partial charge in [-0.15, -0.1) is 0 Å². The summed E-state index contributed by atoms with van der Waals surface area (Å²) in [5.41, 5.74) is 0. The number of rotatable bonds is 14. The topological polar surface area (TPSA) is 77.5 Å². The Balaban J connectivity index is 3.54. The Labute approximate surface area is 144 Å². The van der Waals surface area contributed by atoms with Crippen LogP contribution in [0.1, 0.15) is 0 Å². The zero-order valence-corrected chi connectivity index (χ0v) is 15.2. The highest BCUT2D eigenvalue weighted by Crippen LogP contribution is 1.88. The van der Waals surface area contributed by atoms with Crippen molar-refractivity contribution in [1.29, 1.82) is 0 Å². The van der Waals surface area contributed by atoms with Crippen LogP contribution < -0.4 is 0 Å². The van der Waals surface area contributed by atoms with Gasteiger partial charge in [0.2, 0.25) is 0 Å². The number of carbonyl (C=O) groups is 2. The lowest BCUT2D eigenvalue weighted by atomic mass is 10.5. The van der Waals surface area contributed by atoms with Gasteiger partial charge < -0.3 is 28.7 Å². The third-order valence-electron chi connectivity index (χ3n) is 2.67. The monoisotopic (exact) mass is 346 g/mol. The van der Waals surface area contributed by atoms with Crippen LogP contribution in [0, 0.1) is 0 Å². The highest BCUT2D eigenvalue weighted by molar-refractivity contribution is 5.91. The van der Waals surface area contributed by atoms with E-state index in [1.54, 1.807) is 0 Å². The second kappa shape index (κ2) is 15.1. The van der Waals surface area contributed by atoms with E-state index in [4.69, 9.17) is 18.9 Å². The molecule has 0 amide bonds. The van der Waals surface area contributed by atoms with Gasteiger partial charge in [-0.25, -0.2) is 9.59 Å². The van der Waals surface area contributed by atoms with E-state index in [1.165, 1.54) is 0 Å². The molecule has 140 valence electrons. The molecule has 0 aromatic rings. The van der Waals surface area contributed by atoms with Crippen molar-refractivity contribution in [3.63, 3.8) is 0 Å². The average Bonchev–Trinajstić information content (AvgIpc) is 2.51. The fourth-order valence-corrected chi connectivity index (χ4v) is 1.33.